The van der Waals surface area contributed by atoms with Crippen LogP contribution in [-0.4, -0.2) is 341 Å². The predicted molar refractivity (Wildman–Crippen MR) is 314 cm³/mol. The van der Waals surface area contributed by atoms with Gasteiger partial charge >= 0.3 is 17.9 Å². The minimum atomic E-state index is -3.98. The summed E-state index contributed by atoms with van der Waals surface area (Å²) in [4.78, 5) is 95.3. The van der Waals surface area contributed by atoms with Crippen molar-refractivity contribution in [1.29, 1.82) is 0 Å². The second-order valence-electron chi connectivity index (χ2n) is 19.7. The molecule has 0 aromatic heterocycles. The summed E-state index contributed by atoms with van der Waals surface area (Å²) in [5, 5.41) is 44.6. The van der Waals surface area contributed by atoms with Crippen molar-refractivity contribution in [2.45, 2.75) is 44.8 Å². The van der Waals surface area contributed by atoms with E-state index in [0.29, 0.717) is 66.1 Å². The smallest absolute Gasteiger partial charge is 0.305 e. The third kappa shape index (κ3) is 55.8. The highest BCUT2D eigenvalue weighted by molar-refractivity contribution is 7.58. The van der Waals surface area contributed by atoms with Gasteiger partial charge in [-0.3, -0.25) is 57.7 Å². The standard InChI is InChI=1S/C51H101N6O27P3/c58-46(52-7-19-76-25-31-82-37-34-79-28-22-73-16-1-49(61)62)4-40-85(67,68)43-55-10-12-56(44-86(69,70)41-5-47(59)53-8-20-77-26-32-83-38-35-80-29-23-74-17-2-50(63)64)14-15-57(13-11-55)45-87(71,72)42-6-48(60)54-9-21-78-27-33-84-39-36-81-30-24-75-18-3-51(65)66/h46,52,58H,1-45H2,(H,53,59)(H,54,60)(H,61,62)(H,63,64)(H,65,66)(H,67,68)(H,69,70)(H,71,72). The largest absolute Gasteiger partial charge is 0.481 e. The molecule has 0 radical (unpaired) electrons. The van der Waals surface area contributed by atoms with E-state index in [-0.39, 0.29) is 227 Å². The van der Waals surface area contributed by atoms with Gasteiger partial charge in [0.2, 0.25) is 33.9 Å². The number of aliphatic hydroxyl groups excluding tert-OH is 1. The molecule has 4 atom stereocenters. The van der Waals surface area contributed by atoms with Gasteiger partial charge in [0.15, 0.2) is 0 Å². The molecular formula is C51H101N6O27P3. The lowest BCUT2D eigenvalue weighted by atomic mass is 10.4. The monoisotopic (exact) mass is 1320 g/mol. The van der Waals surface area contributed by atoms with Crippen LogP contribution in [0.3, 0.4) is 0 Å². The van der Waals surface area contributed by atoms with Crippen molar-refractivity contribution in [2.75, 3.05) is 255 Å². The summed E-state index contributed by atoms with van der Waals surface area (Å²) in [5.41, 5.74) is 0. The van der Waals surface area contributed by atoms with Crippen LogP contribution in [0.2, 0.25) is 0 Å². The number of rotatable bonds is 61. The maximum Gasteiger partial charge on any atom is 0.305 e. The molecule has 0 aromatic rings. The zero-order valence-electron chi connectivity index (χ0n) is 50.4. The molecule has 1 aliphatic heterocycles. The van der Waals surface area contributed by atoms with Gasteiger partial charge in [0.05, 0.1) is 197 Å². The number of aliphatic carboxylic acids is 3. The zero-order valence-corrected chi connectivity index (χ0v) is 53.1. The molecule has 1 aliphatic rings. The Morgan fingerprint density at radius 2 is 0.575 bits per heavy atom. The number of carbonyl (C=O) groups is 5. The highest BCUT2D eigenvalue weighted by atomic mass is 31.2. The predicted octanol–water partition coefficient (Wildman–Crippen LogP) is -1.48. The van der Waals surface area contributed by atoms with Crippen LogP contribution in [0.5, 0.6) is 0 Å². The van der Waals surface area contributed by atoms with Crippen LogP contribution in [0.25, 0.3) is 0 Å². The van der Waals surface area contributed by atoms with Crippen molar-refractivity contribution < 1.29 is 130 Å². The lowest BCUT2D eigenvalue weighted by molar-refractivity contribution is -0.139. The van der Waals surface area contributed by atoms with Crippen molar-refractivity contribution in [3.8, 4) is 0 Å². The van der Waals surface area contributed by atoms with Gasteiger partial charge in [-0.25, -0.2) is 0 Å². The van der Waals surface area contributed by atoms with Crippen molar-refractivity contribution in [1.82, 2.24) is 30.7 Å². The molecule has 87 heavy (non-hydrogen) atoms. The summed E-state index contributed by atoms with van der Waals surface area (Å²) in [7, 11) is -11.9. The Balaban J connectivity index is 2.65. The van der Waals surface area contributed by atoms with Gasteiger partial charge < -0.3 is 103 Å². The van der Waals surface area contributed by atoms with E-state index in [0.717, 1.165) is 0 Å². The van der Waals surface area contributed by atoms with E-state index >= 15 is 0 Å². The number of ether oxygens (including phenoxy) is 12. The number of amides is 2. The van der Waals surface area contributed by atoms with Crippen molar-refractivity contribution in [3.63, 3.8) is 0 Å². The first-order valence-corrected chi connectivity index (χ1v) is 35.4. The average Bonchev–Trinajstić information content (AvgIpc) is 3.64. The molecule has 1 saturated heterocycles. The Morgan fingerprint density at radius 3 is 0.839 bits per heavy atom. The summed E-state index contributed by atoms with van der Waals surface area (Å²) < 4.78 is 105. The van der Waals surface area contributed by atoms with Crippen LogP contribution in [0.1, 0.15) is 38.5 Å². The highest BCUT2D eigenvalue weighted by Gasteiger charge is 2.31. The van der Waals surface area contributed by atoms with Gasteiger partial charge in [-0.1, -0.05) is 0 Å². The van der Waals surface area contributed by atoms with E-state index in [9.17, 15) is 57.5 Å². The number of carbonyl (C=O) groups excluding carboxylic acids is 2. The molecule has 0 aromatic carbocycles. The topological polar surface area (TPSA) is 435 Å². The first-order chi connectivity index (χ1) is 41.7. The summed E-state index contributed by atoms with van der Waals surface area (Å²) >= 11 is 0. The van der Waals surface area contributed by atoms with Crippen molar-refractivity contribution >= 4 is 51.8 Å². The Hall–Kier alpha value is -2.76. The fourth-order valence-corrected chi connectivity index (χ4v) is 12.4. The molecule has 33 nitrogen and oxygen atoms in total. The fourth-order valence-electron chi connectivity index (χ4n) is 7.50. The molecule has 1 heterocycles. The van der Waals surface area contributed by atoms with E-state index < -0.39 is 58.1 Å². The second kappa shape index (κ2) is 53.9. The molecule has 1 rings (SSSR count). The van der Waals surface area contributed by atoms with E-state index in [1.54, 1.807) is 14.7 Å². The minimum absolute atomic E-state index is 0.0638. The van der Waals surface area contributed by atoms with Crippen molar-refractivity contribution in [3.05, 3.63) is 0 Å². The maximum absolute atomic E-state index is 13.6. The first kappa shape index (κ1) is 82.3. The molecule has 36 heteroatoms. The van der Waals surface area contributed by atoms with Gasteiger partial charge in [0, 0.05) is 90.2 Å². The Kier molecular flexibility index (Phi) is 50.9. The number of nitrogens with zero attached hydrogens (tertiary/aromatic N) is 3. The van der Waals surface area contributed by atoms with Crippen LogP contribution in [0.15, 0.2) is 0 Å². The molecule has 2 amide bonds. The molecule has 1 fully saturated rings. The number of aliphatic hydroxyl groups is 1. The van der Waals surface area contributed by atoms with E-state index in [2.05, 4.69) is 16.0 Å². The Bertz CT molecular complexity index is 1850. The third-order valence-electron chi connectivity index (χ3n) is 12.1. The lowest BCUT2D eigenvalue weighted by Crippen LogP contribution is -2.38. The Morgan fingerprint density at radius 1 is 0.345 bits per heavy atom. The highest BCUT2D eigenvalue weighted by Crippen LogP contribution is 2.44. The van der Waals surface area contributed by atoms with E-state index in [1.807, 2.05) is 0 Å². The van der Waals surface area contributed by atoms with Crippen LogP contribution in [0, 0.1) is 0 Å². The number of nitrogens with one attached hydrogen (secondary N) is 3. The number of carboxylic acid groups (broad SMARTS) is 3. The minimum Gasteiger partial charge on any atom is -0.481 e. The van der Waals surface area contributed by atoms with Crippen LogP contribution in [-0.2, 0) is 94.5 Å². The normalized spacial score (nSPS) is 16.2. The van der Waals surface area contributed by atoms with Gasteiger partial charge in [0.25, 0.3) is 0 Å². The van der Waals surface area contributed by atoms with E-state index in [4.69, 9.17) is 72.2 Å². The number of carboxylic acids is 3. The molecule has 4 unspecified atom stereocenters. The zero-order chi connectivity index (χ0) is 64.1. The SMILES string of the molecule is O=C(O)CCOCCOCCOCCOCCNC(=O)CCP(=O)(O)CN1CCN(CP(=O)(O)CCC(=O)NCCOCCOCCOCCOCCC(=O)O)CCN(CP(=O)(O)CCC(O)NCCOCCOCCOCCOCCC(=O)O)CC1. The summed E-state index contributed by atoms with van der Waals surface area (Å²) in [6.45, 7) is 7.70. The summed E-state index contributed by atoms with van der Waals surface area (Å²) in [5.74, 6) is -3.73. The molecule has 0 bridgehead atoms. The van der Waals surface area contributed by atoms with E-state index in [1.165, 1.54) is 0 Å². The molecule has 512 valence electrons. The summed E-state index contributed by atoms with van der Waals surface area (Å²) in [6.07, 6.45) is -3.80. The summed E-state index contributed by atoms with van der Waals surface area (Å²) in [6, 6.07) is 0. The van der Waals surface area contributed by atoms with Crippen molar-refractivity contribution in [2.24, 2.45) is 0 Å². The quantitative estimate of drug-likeness (QED) is 0.0189. The van der Waals surface area contributed by atoms with Crippen LogP contribution >= 0.6 is 22.1 Å². The Labute approximate surface area is 510 Å². The molecule has 0 aliphatic carbocycles. The lowest BCUT2D eigenvalue weighted by Gasteiger charge is -2.28. The molecular weight excluding hydrogens is 1220 g/mol. The van der Waals surface area contributed by atoms with Crippen LogP contribution < -0.4 is 16.0 Å². The number of hydrogen-bond donors (Lipinski definition) is 10. The van der Waals surface area contributed by atoms with Crippen LogP contribution in [0.4, 0.5) is 0 Å². The van der Waals surface area contributed by atoms with Gasteiger partial charge in [0.1, 0.15) is 6.23 Å². The maximum atomic E-state index is 13.6. The first-order valence-electron chi connectivity index (χ1n) is 29.3. The average molecular weight is 1320 g/mol. The second-order valence-corrected chi connectivity index (χ2v) is 27.0. The third-order valence-corrected chi connectivity index (χ3v) is 17.4. The fraction of sp³-hybridized carbons (Fsp3) is 0.902. The molecule has 10 N–H and O–H groups in total. The molecule has 0 saturated carbocycles. The van der Waals surface area contributed by atoms with Gasteiger partial charge in [-0.15, -0.1) is 0 Å². The van der Waals surface area contributed by atoms with Gasteiger partial charge in [-0.05, 0) is 6.42 Å². The number of hydrogen-bond acceptors (Lipinski definition) is 25. The molecule has 0 spiro atoms. The van der Waals surface area contributed by atoms with Gasteiger partial charge in [-0.2, -0.15) is 0 Å².